The topological polar surface area (TPSA) is 61.5 Å². The molecule has 0 aliphatic rings. The first kappa shape index (κ1) is 15.2. The van der Waals surface area contributed by atoms with Crippen LogP contribution in [0.1, 0.15) is 19.4 Å². The summed E-state index contributed by atoms with van der Waals surface area (Å²) < 4.78 is 10.3. The molecule has 4 heteroatoms. The van der Waals surface area contributed by atoms with Crippen molar-refractivity contribution >= 4 is 17.7 Å². The van der Waals surface area contributed by atoms with Gasteiger partial charge >= 0.3 is 5.97 Å². The molecule has 2 N–H and O–H groups in total. The van der Waals surface area contributed by atoms with E-state index in [9.17, 15) is 4.79 Å². The molecule has 0 atom stereocenters. The fourth-order valence-corrected chi connectivity index (χ4v) is 1.34. The molecule has 19 heavy (non-hydrogen) atoms. The van der Waals surface area contributed by atoms with Crippen LogP contribution < -0.4 is 5.73 Å². The van der Waals surface area contributed by atoms with Crippen LogP contribution in [0.4, 0.5) is 5.69 Å². The highest BCUT2D eigenvalue weighted by molar-refractivity contribution is 5.87. The van der Waals surface area contributed by atoms with E-state index in [1.807, 2.05) is 12.1 Å². The number of nitrogens with two attached hydrogens (primary N) is 1. The summed E-state index contributed by atoms with van der Waals surface area (Å²) in [5.74, 6) is 0.117. The molecule has 1 rings (SSSR count). The molecule has 1 aromatic carbocycles. The smallest absolute Gasteiger partial charge is 0.330 e. The lowest BCUT2D eigenvalue weighted by Crippen LogP contribution is -2.11. The molecule has 0 bridgehead atoms. The van der Waals surface area contributed by atoms with Gasteiger partial charge in [0.05, 0.1) is 6.61 Å². The molecule has 0 aliphatic heterocycles. The zero-order valence-corrected chi connectivity index (χ0v) is 11.5. The van der Waals surface area contributed by atoms with Gasteiger partial charge in [-0.3, -0.25) is 0 Å². The Morgan fingerprint density at radius 1 is 1.26 bits per heavy atom. The van der Waals surface area contributed by atoms with Crippen LogP contribution in [0.15, 0.2) is 30.3 Å². The summed E-state index contributed by atoms with van der Waals surface area (Å²) in [6, 6.07) is 7.24. The number of carbonyl (C=O) groups is 1. The molecule has 0 saturated carbocycles. The van der Waals surface area contributed by atoms with Crippen molar-refractivity contribution in [2.45, 2.75) is 13.8 Å². The van der Waals surface area contributed by atoms with Crippen molar-refractivity contribution in [3.8, 4) is 0 Å². The van der Waals surface area contributed by atoms with Crippen LogP contribution in [0.2, 0.25) is 0 Å². The second-order valence-corrected chi connectivity index (χ2v) is 4.64. The average Bonchev–Trinajstić information content (AvgIpc) is 2.37. The molecule has 0 fully saturated rings. The number of hydrogen-bond donors (Lipinski definition) is 1. The van der Waals surface area contributed by atoms with E-state index in [1.54, 1.807) is 18.2 Å². The maximum atomic E-state index is 11.4. The number of hydrogen-bond acceptors (Lipinski definition) is 4. The van der Waals surface area contributed by atoms with Crippen LogP contribution in [-0.4, -0.2) is 25.8 Å². The highest BCUT2D eigenvalue weighted by Crippen LogP contribution is 2.07. The lowest BCUT2D eigenvalue weighted by atomic mass is 10.2. The predicted molar refractivity (Wildman–Crippen MR) is 76.5 cm³/mol. The van der Waals surface area contributed by atoms with Crippen molar-refractivity contribution in [3.63, 3.8) is 0 Å². The number of esters is 1. The molecule has 0 aliphatic carbocycles. The maximum absolute atomic E-state index is 11.4. The minimum absolute atomic E-state index is 0.275. The van der Waals surface area contributed by atoms with Crippen molar-refractivity contribution in [1.29, 1.82) is 0 Å². The Kier molecular flexibility index (Phi) is 6.68. The van der Waals surface area contributed by atoms with Gasteiger partial charge in [0, 0.05) is 18.4 Å². The van der Waals surface area contributed by atoms with Gasteiger partial charge in [0.2, 0.25) is 0 Å². The number of ether oxygens (including phenoxy) is 2. The van der Waals surface area contributed by atoms with Crippen molar-refractivity contribution < 1.29 is 14.3 Å². The third kappa shape index (κ3) is 7.26. The minimum atomic E-state index is -0.370. The Labute approximate surface area is 114 Å². The molecule has 0 saturated heterocycles. The highest BCUT2D eigenvalue weighted by atomic mass is 16.6. The normalized spacial score (nSPS) is 11.1. The van der Waals surface area contributed by atoms with E-state index < -0.39 is 0 Å². The van der Waals surface area contributed by atoms with E-state index in [0.29, 0.717) is 24.8 Å². The second-order valence-electron chi connectivity index (χ2n) is 4.64. The first-order valence-corrected chi connectivity index (χ1v) is 6.36. The van der Waals surface area contributed by atoms with Gasteiger partial charge in [0.25, 0.3) is 0 Å². The molecule has 0 radical (unpaired) electrons. The van der Waals surface area contributed by atoms with Crippen LogP contribution in [0.25, 0.3) is 6.08 Å². The lowest BCUT2D eigenvalue weighted by Gasteiger charge is -2.06. The molecular formula is C15H21NO3. The second kappa shape index (κ2) is 8.32. The third-order valence-electron chi connectivity index (χ3n) is 2.27. The zero-order chi connectivity index (χ0) is 14.1. The number of carbonyl (C=O) groups excluding carboxylic acids is 1. The van der Waals surface area contributed by atoms with E-state index in [2.05, 4.69) is 13.8 Å². The quantitative estimate of drug-likeness (QED) is 0.355. The Hall–Kier alpha value is -1.81. The van der Waals surface area contributed by atoms with Gasteiger partial charge in [-0.2, -0.15) is 0 Å². The van der Waals surface area contributed by atoms with Crippen molar-refractivity contribution in [1.82, 2.24) is 0 Å². The first-order chi connectivity index (χ1) is 9.08. The van der Waals surface area contributed by atoms with Crippen LogP contribution in [0.5, 0.6) is 0 Å². The largest absolute Gasteiger partial charge is 0.460 e. The zero-order valence-electron chi connectivity index (χ0n) is 11.5. The van der Waals surface area contributed by atoms with Gasteiger partial charge in [0.15, 0.2) is 0 Å². The fourth-order valence-electron chi connectivity index (χ4n) is 1.34. The number of rotatable bonds is 7. The van der Waals surface area contributed by atoms with E-state index >= 15 is 0 Å². The number of anilines is 1. The van der Waals surface area contributed by atoms with E-state index in [4.69, 9.17) is 15.2 Å². The lowest BCUT2D eigenvalue weighted by molar-refractivity contribution is -0.139. The Bertz CT molecular complexity index is 410. The summed E-state index contributed by atoms with van der Waals surface area (Å²) in [6.07, 6.45) is 3.09. The van der Waals surface area contributed by atoms with Crippen LogP contribution in [0, 0.1) is 5.92 Å². The molecule has 0 unspecified atom stereocenters. The summed E-state index contributed by atoms with van der Waals surface area (Å²) in [7, 11) is 0. The molecule has 1 aromatic rings. The number of nitrogen functional groups attached to an aromatic ring is 1. The Balaban J connectivity index is 2.22. The minimum Gasteiger partial charge on any atom is -0.460 e. The molecule has 0 spiro atoms. The molecule has 0 amide bonds. The summed E-state index contributed by atoms with van der Waals surface area (Å²) in [5.41, 5.74) is 7.17. The molecular weight excluding hydrogens is 242 g/mol. The van der Waals surface area contributed by atoms with Gasteiger partial charge in [-0.25, -0.2) is 4.79 Å². The van der Waals surface area contributed by atoms with Crippen molar-refractivity contribution in [2.75, 3.05) is 25.6 Å². The van der Waals surface area contributed by atoms with E-state index in [0.717, 1.165) is 5.56 Å². The average molecular weight is 263 g/mol. The summed E-state index contributed by atoms with van der Waals surface area (Å²) in [4.78, 5) is 11.4. The Morgan fingerprint density at radius 3 is 2.58 bits per heavy atom. The van der Waals surface area contributed by atoms with Crippen molar-refractivity contribution in [3.05, 3.63) is 35.9 Å². The maximum Gasteiger partial charge on any atom is 0.330 e. The predicted octanol–water partition coefficient (Wildman–Crippen LogP) is 2.50. The standard InChI is InChI=1S/C15H21NO3/c1-12(2)11-18-9-10-19-15(17)8-5-13-3-6-14(16)7-4-13/h3-8,12H,9-11,16H2,1-2H3/b8-5+. The van der Waals surface area contributed by atoms with Crippen LogP contribution >= 0.6 is 0 Å². The molecule has 4 nitrogen and oxygen atoms in total. The van der Waals surface area contributed by atoms with Gasteiger partial charge < -0.3 is 15.2 Å². The Morgan fingerprint density at radius 2 is 1.95 bits per heavy atom. The summed E-state index contributed by atoms with van der Waals surface area (Å²) >= 11 is 0. The van der Waals surface area contributed by atoms with Gasteiger partial charge in [0.1, 0.15) is 6.61 Å². The van der Waals surface area contributed by atoms with Gasteiger partial charge in [-0.05, 0) is 29.7 Å². The van der Waals surface area contributed by atoms with Crippen LogP contribution in [-0.2, 0) is 14.3 Å². The number of benzene rings is 1. The monoisotopic (exact) mass is 263 g/mol. The first-order valence-electron chi connectivity index (χ1n) is 6.36. The van der Waals surface area contributed by atoms with E-state index in [-0.39, 0.29) is 12.6 Å². The summed E-state index contributed by atoms with van der Waals surface area (Å²) in [6.45, 7) is 5.53. The summed E-state index contributed by atoms with van der Waals surface area (Å²) in [5, 5.41) is 0. The van der Waals surface area contributed by atoms with Gasteiger partial charge in [-0.1, -0.05) is 26.0 Å². The fraction of sp³-hybridized carbons (Fsp3) is 0.400. The van der Waals surface area contributed by atoms with Gasteiger partial charge in [-0.15, -0.1) is 0 Å². The molecule has 0 aromatic heterocycles. The highest BCUT2D eigenvalue weighted by Gasteiger charge is 1.98. The van der Waals surface area contributed by atoms with Crippen LogP contribution in [0.3, 0.4) is 0 Å². The van der Waals surface area contributed by atoms with Crippen molar-refractivity contribution in [2.24, 2.45) is 5.92 Å². The van der Waals surface area contributed by atoms with E-state index in [1.165, 1.54) is 6.08 Å². The third-order valence-corrected chi connectivity index (χ3v) is 2.27. The molecule has 104 valence electrons. The SMILES string of the molecule is CC(C)COCCOC(=O)/C=C/c1ccc(N)cc1. The molecule has 0 heterocycles.